The first-order valence-corrected chi connectivity index (χ1v) is 12.5. The number of sulfonamides is 1. The van der Waals surface area contributed by atoms with Crippen molar-refractivity contribution in [1.82, 2.24) is 4.31 Å². The van der Waals surface area contributed by atoms with Crippen molar-refractivity contribution < 1.29 is 22.7 Å². The molecule has 2 aromatic rings. The van der Waals surface area contributed by atoms with Gasteiger partial charge in [-0.15, -0.1) is 0 Å². The summed E-state index contributed by atoms with van der Waals surface area (Å²) in [4.78, 5) is 27.2. The van der Waals surface area contributed by atoms with Crippen molar-refractivity contribution in [3.8, 4) is 5.75 Å². The molecule has 0 spiro atoms. The van der Waals surface area contributed by atoms with Crippen LogP contribution < -0.4 is 15.0 Å². The Morgan fingerprint density at radius 3 is 2.61 bits per heavy atom. The molecule has 1 fully saturated rings. The summed E-state index contributed by atoms with van der Waals surface area (Å²) < 4.78 is 32.4. The zero-order chi connectivity index (χ0) is 23.8. The fraction of sp³-hybridized carbons (Fsp3) is 0.417. The van der Waals surface area contributed by atoms with Crippen LogP contribution >= 0.6 is 0 Å². The molecule has 1 aliphatic carbocycles. The summed E-state index contributed by atoms with van der Waals surface area (Å²) in [5, 5.41) is 2.69. The smallest absolute Gasteiger partial charge is 0.243 e. The van der Waals surface area contributed by atoms with Gasteiger partial charge in [0.25, 0.3) is 0 Å². The molecule has 9 heteroatoms. The van der Waals surface area contributed by atoms with E-state index >= 15 is 0 Å². The minimum atomic E-state index is -3.88. The highest BCUT2D eigenvalue weighted by atomic mass is 32.2. The highest BCUT2D eigenvalue weighted by Gasteiger charge is 2.37. The first kappa shape index (κ1) is 23.3. The Morgan fingerprint density at radius 1 is 1.18 bits per heavy atom. The quantitative estimate of drug-likeness (QED) is 0.670. The number of methoxy groups -OCH3 is 1. The van der Waals surface area contributed by atoms with Crippen molar-refractivity contribution in [2.75, 3.05) is 30.9 Å². The van der Waals surface area contributed by atoms with Gasteiger partial charge in [0.2, 0.25) is 21.8 Å². The lowest BCUT2D eigenvalue weighted by Gasteiger charge is -2.32. The number of anilines is 2. The van der Waals surface area contributed by atoms with Gasteiger partial charge in [0.1, 0.15) is 5.75 Å². The van der Waals surface area contributed by atoms with Gasteiger partial charge in [-0.25, -0.2) is 8.42 Å². The van der Waals surface area contributed by atoms with Crippen molar-refractivity contribution in [2.24, 2.45) is 5.92 Å². The molecule has 1 aliphatic heterocycles. The Balaban J connectivity index is 1.47. The first-order chi connectivity index (χ1) is 15.7. The largest absolute Gasteiger partial charge is 0.497 e. The molecule has 0 unspecified atom stereocenters. The van der Waals surface area contributed by atoms with Gasteiger partial charge in [0.05, 0.1) is 18.6 Å². The number of fused-ring (bicyclic) bond motifs is 1. The third-order valence-corrected chi connectivity index (χ3v) is 8.19. The van der Waals surface area contributed by atoms with Gasteiger partial charge in [-0.1, -0.05) is 12.5 Å². The van der Waals surface area contributed by atoms with E-state index in [1.165, 1.54) is 20.2 Å². The third kappa shape index (κ3) is 4.60. The Kier molecular flexibility index (Phi) is 6.45. The van der Waals surface area contributed by atoms with E-state index < -0.39 is 15.9 Å². The summed E-state index contributed by atoms with van der Waals surface area (Å²) in [5.41, 5.74) is 2.15. The maximum absolute atomic E-state index is 13.1. The molecule has 1 saturated carbocycles. The number of ether oxygens (including phenoxy) is 1. The predicted octanol–water partition coefficient (Wildman–Crippen LogP) is 3.03. The number of amides is 2. The van der Waals surface area contributed by atoms with E-state index in [9.17, 15) is 18.0 Å². The van der Waals surface area contributed by atoms with Gasteiger partial charge in [0, 0.05) is 36.4 Å². The minimum absolute atomic E-state index is 0.00238. The van der Waals surface area contributed by atoms with E-state index in [0.717, 1.165) is 34.8 Å². The summed E-state index contributed by atoms with van der Waals surface area (Å²) in [6, 6.07) is 11.7. The summed E-state index contributed by atoms with van der Waals surface area (Å²) >= 11 is 0. The second kappa shape index (κ2) is 9.15. The number of carbonyl (C=O) groups is 2. The summed E-state index contributed by atoms with van der Waals surface area (Å²) in [6.07, 6.45) is 3.54. The molecule has 2 amide bonds. The van der Waals surface area contributed by atoms with Crippen LogP contribution in [0.15, 0.2) is 47.4 Å². The molecule has 0 aromatic heterocycles. The monoisotopic (exact) mass is 471 g/mol. The molecular formula is C24H29N3O5S. The van der Waals surface area contributed by atoms with Crippen LogP contribution in [0.5, 0.6) is 5.75 Å². The number of hydrogen-bond donors (Lipinski definition) is 1. The van der Waals surface area contributed by atoms with Crippen molar-refractivity contribution in [3.05, 3.63) is 48.0 Å². The zero-order valence-corrected chi connectivity index (χ0v) is 19.9. The average Bonchev–Trinajstić information content (AvgIpc) is 3.07. The third-order valence-electron chi connectivity index (χ3n) is 6.39. The van der Waals surface area contributed by atoms with Crippen molar-refractivity contribution >= 4 is 33.2 Å². The molecule has 0 radical (unpaired) electrons. The maximum Gasteiger partial charge on any atom is 0.243 e. The van der Waals surface area contributed by atoms with Gasteiger partial charge in [-0.2, -0.15) is 4.31 Å². The standard InChI is InChI=1S/C24H29N3O5S/c1-16-12-18-13-21(10-11-22(18)27(16)24(29)17-6-4-7-17)33(30,31)26(2)15-23(28)25-19-8-5-9-20(14-19)32-3/h5,8-11,13-14,16-17H,4,6-7,12,15H2,1-3H3,(H,25,28)/t16-/m0/s1. The van der Waals surface area contributed by atoms with E-state index in [2.05, 4.69) is 5.32 Å². The predicted molar refractivity (Wildman–Crippen MR) is 126 cm³/mol. The SMILES string of the molecule is COc1cccc(NC(=O)CN(C)S(=O)(=O)c2ccc3c(c2)C[C@H](C)N3C(=O)C2CCC2)c1. The van der Waals surface area contributed by atoms with E-state index in [1.54, 1.807) is 36.4 Å². The summed E-state index contributed by atoms with van der Waals surface area (Å²) in [5.74, 6) is 0.345. The van der Waals surface area contributed by atoms with Crippen molar-refractivity contribution in [2.45, 2.75) is 43.5 Å². The number of carbonyl (C=O) groups excluding carboxylic acids is 2. The number of nitrogens with zero attached hydrogens (tertiary/aromatic N) is 2. The molecule has 4 rings (SSSR count). The van der Waals surface area contributed by atoms with Crippen LogP contribution in [-0.2, 0) is 26.0 Å². The molecule has 1 heterocycles. The highest BCUT2D eigenvalue weighted by Crippen LogP contribution is 2.38. The molecular weight excluding hydrogens is 442 g/mol. The van der Waals surface area contributed by atoms with E-state index in [-0.39, 0.29) is 29.3 Å². The molecule has 0 saturated heterocycles. The Hall–Kier alpha value is -2.91. The zero-order valence-electron chi connectivity index (χ0n) is 19.1. The summed E-state index contributed by atoms with van der Waals surface area (Å²) in [7, 11) is -0.975. The lowest BCUT2D eigenvalue weighted by Crippen LogP contribution is -2.42. The van der Waals surface area contributed by atoms with Gasteiger partial charge in [0.15, 0.2) is 0 Å². The van der Waals surface area contributed by atoms with E-state index in [4.69, 9.17) is 4.74 Å². The number of likely N-dealkylation sites (N-methyl/N-ethyl adjacent to an activating group) is 1. The Bertz CT molecular complexity index is 1180. The van der Waals surface area contributed by atoms with Gasteiger partial charge in [-0.3, -0.25) is 9.59 Å². The molecule has 1 N–H and O–H groups in total. The lowest BCUT2D eigenvalue weighted by molar-refractivity contribution is -0.125. The van der Waals surface area contributed by atoms with Gasteiger partial charge < -0.3 is 15.0 Å². The van der Waals surface area contributed by atoms with E-state index in [1.807, 2.05) is 11.8 Å². The first-order valence-electron chi connectivity index (χ1n) is 11.1. The second-order valence-electron chi connectivity index (χ2n) is 8.72. The van der Waals surface area contributed by atoms with Crippen LogP contribution in [0.1, 0.15) is 31.7 Å². The normalized spacial score (nSPS) is 18.1. The number of hydrogen-bond acceptors (Lipinski definition) is 5. The fourth-order valence-corrected chi connectivity index (χ4v) is 5.50. The van der Waals surface area contributed by atoms with Gasteiger partial charge >= 0.3 is 0 Å². The molecule has 2 aromatic carbocycles. The van der Waals surface area contributed by atoms with E-state index in [0.29, 0.717) is 17.9 Å². The van der Waals surface area contributed by atoms with Crippen LogP contribution in [0.4, 0.5) is 11.4 Å². The number of nitrogens with one attached hydrogen (secondary N) is 1. The molecule has 1 atom stereocenters. The molecule has 176 valence electrons. The molecule has 8 nitrogen and oxygen atoms in total. The Labute approximate surface area is 194 Å². The minimum Gasteiger partial charge on any atom is -0.497 e. The second-order valence-corrected chi connectivity index (χ2v) is 10.8. The van der Waals surface area contributed by atoms with Crippen LogP contribution in [0.2, 0.25) is 0 Å². The van der Waals surface area contributed by atoms with Crippen LogP contribution in [-0.4, -0.2) is 51.3 Å². The van der Waals surface area contributed by atoms with Crippen LogP contribution in [0.3, 0.4) is 0 Å². The Morgan fingerprint density at radius 2 is 1.94 bits per heavy atom. The van der Waals surface area contributed by atoms with Crippen LogP contribution in [0.25, 0.3) is 0 Å². The van der Waals surface area contributed by atoms with Crippen molar-refractivity contribution in [1.29, 1.82) is 0 Å². The van der Waals surface area contributed by atoms with Crippen molar-refractivity contribution in [3.63, 3.8) is 0 Å². The fourth-order valence-electron chi connectivity index (χ4n) is 4.32. The van der Waals surface area contributed by atoms with Crippen LogP contribution in [0, 0.1) is 5.92 Å². The number of benzene rings is 2. The molecule has 2 aliphatic rings. The summed E-state index contributed by atoms with van der Waals surface area (Å²) in [6.45, 7) is 1.65. The topological polar surface area (TPSA) is 96.0 Å². The number of rotatable bonds is 7. The van der Waals surface area contributed by atoms with Gasteiger partial charge in [-0.05, 0) is 62.1 Å². The lowest BCUT2D eigenvalue weighted by atomic mass is 9.84. The highest BCUT2D eigenvalue weighted by molar-refractivity contribution is 7.89. The molecule has 0 bridgehead atoms. The maximum atomic E-state index is 13.1. The average molecular weight is 472 g/mol. The molecule has 33 heavy (non-hydrogen) atoms.